The van der Waals surface area contributed by atoms with E-state index in [-0.39, 0.29) is 0 Å². The Bertz CT molecular complexity index is 339. The molecule has 3 heteroatoms. The van der Waals surface area contributed by atoms with Crippen molar-refractivity contribution in [2.75, 3.05) is 20.6 Å². The molecule has 17 heavy (non-hydrogen) atoms. The summed E-state index contributed by atoms with van der Waals surface area (Å²) in [6.45, 7) is 5.57. The zero-order chi connectivity index (χ0) is 12.8. The molecule has 1 atom stereocenters. The molecule has 0 fully saturated rings. The Morgan fingerprint density at radius 2 is 2.06 bits per heavy atom. The number of nitrogens with zero attached hydrogens (tertiary/aromatic N) is 1. The first kappa shape index (κ1) is 14.7. The van der Waals surface area contributed by atoms with Crippen LogP contribution in [0.4, 0.5) is 0 Å². The highest BCUT2D eigenvalue weighted by molar-refractivity contribution is 9.10. The lowest BCUT2D eigenvalue weighted by atomic mass is 10.0. The lowest BCUT2D eigenvalue weighted by molar-refractivity contribution is 0.258. The maximum absolute atomic E-state index is 3.52. The van der Waals surface area contributed by atoms with Gasteiger partial charge in [-0.05, 0) is 58.6 Å². The van der Waals surface area contributed by atoms with Crippen LogP contribution in [0.5, 0.6) is 0 Å². The van der Waals surface area contributed by atoms with Crippen LogP contribution in [0.25, 0.3) is 0 Å². The number of rotatable bonds is 6. The van der Waals surface area contributed by atoms with E-state index >= 15 is 0 Å². The molecule has 1 aromatic rings. The van der Waals surface area contributed by atoms with Crippen molar-refractivity contribution in [1.82, 2.24) is 10.2 Å². The molecule has 0 amide bonds. The molecule has 0 spiro atoms. The fraction of sp³-hybridized carbons (Fsp3) is 0.571. The summed E-state index contributed by atoms with van der Waals surface area (Å²) >= 11 is 3.52. The molecule has 0 saturated heterocycles. The van der Waals surface area contributed by atoms with Gasteiger partial charge in [-0.15, -0.1) is 0 Å². The Balaban J connectivity index is 2.60. The quantitative estimate of drug-likeness (QED) is 0.865. The third kappa shape index (κ3) is 4.78. The highest BCUT2D eigenvalue weighted by atomic mass is 79.9. The molecule has 0 aliphatic rings. The lowest BCUT2D eigenvalue weighted by Gasteiger charge is -2.24. The molecule has 0 aromatic heterocycles. The van der Waals surface area contributed by atoms with Crippen LogP contribution in [0.2, 0.25) is 0 Å². The molecule has 0 saturated carbocycles. The molecular formula is C14H23BrN2. The first-order valence-corrected chi connectivity index (χ1v) is 6.97. The van der Waals surface area contributed by atoms with Crippen LogP contribution in [0.15, 0.2) is 28.7 Å². The molecule has 0 bridgehead atoms. The normalized spacial score (nSPS) is 13.4. The molecule has 0 heterocycles. The van der Waals surface area contributed by atoms with Gasteiger partial charge in [-0.3, -0.25) is 0 Å². The summed E-state index contributed by atoms with van der Waals surface area (Å²) in [6, 6.07) is 9.56. The van der Waals surface area contributed by atoms with Crippen LogP contribution >= 0.6 is 15.9 Å². The SMILES string of the molecule is CNC(CCN(C)C(C)C)c1cccc(Br)c1. The van der Waals surface area contributed by atoms with Gasteiger partial charge >= 0.3 is 0 Å². The number of halogens is 1. The summed E-state index contributed by atoms with van der Waals surface area (Å²) < 4.78 is 1.15. The Kier molecular flexibility index (Phi) is 6.17. The number of hydrogen-bond donors (Lipinski definition) is 1. The van der Waals surface area contributed by atoms with Crippen molar-refractivity contribution in [3.8, 4) is 0 Å². The van der Waals surface area contributed by atoms with Crippen molar-refractivity contribution in [3.63, 3.8) is 0 Å². The first-order chi connectivity index (χ1) is 8.04. The van der Waals surface area contributed by atoms with E-state index in [0.29, 0.717) is 12.1 Å². The predicted octanol–water partition coefficient (Wildman–Crippen LogP) is 3.44. The van der Waals surface area contributed by atoms with Crippen molar-refractivity contribution in [2.24, 2.45) is 0 Å². The predicted molar refractivity (Wildman–Crippen MR) is 78.3 cm³/mol. The summed E-state index contributed by atoms with van der Waals surface area (Å²) in [5, 5.41) is 3.39. The summed E-state index contributed by atoms with van der Waals surface area (Å²) in [5.74, 6) is 0. The molecule has 1 N–H and O–H groups in total. The molecule has 0 aliphatic carbocycles. The zero-order valence-corrected chi connectivity index (χ0v) is 12.8. The van der Waals surface area contributed by atoms with E-state index in [1.807, 2.05) is 7.05 Å². The number of hydrogen-bond acceptors (Lipinski definition) is 2. The van der Waals surface area contributed by atoms with E-state index in [0.717, 1.165) is 17.4 Å². The van der Waals surface area contributed by atoms with E-state index < -0.39 is 0 Å². The topological polar surface area (TPSA) is 15.3 Å². The van der Waals surface area contributed by atoms with E-state index in [1.54, 1.807) is 0 Å². The molecular weight excluding hydrogens is 276 g/mol. The van der Waals surface area contributed by atoms with E-state index in [9.17, 15) is 0 Å². The van der Waals surface area contributed by atoms with Crippen LogP contribution in [0, 0.1) is 0 Å². The Morgan fingerprint density at radius 1 is 1.35 bits per heavy atom. The largest absolute Gasteiger partial charge is 0.313 e. The Labute approximate surface area is 114 Å². The van der Waals surface area contributed by atoms with Gasteiger partial charge in [0.1, 0.15) is 0 Å². The van der Waals surface area contributed by atoms with Crippen LogP contribution in [-0.2, 0) is 0 Å². The van der Waals surface area contributed by atoms with Crippen molar-refractivity contribution in [2.45, 2.75) is 32.4 Å². The zero-order valence-electron chi connectivity index (χ0n) is 11.2. The lowest BCUT2D eigenvalue weighted by Crippen LogP contribution is -2.30. The van der Waals surface area contributed by atoms with Gasteiger partial charge in [-0.2, -0.15) is 0 Å². The highest BCUT2D eigenvalue weighted by Crippen LogP contribution is 2.20. The van der Waals surface area contributed by atoms with Crippen LogP contribution in [0.1, 0.15) is 31.9 Å². The molecule has 96 valence electrons. The van der Waals surface area contributed by atoms with Crippen molar-refractivity contribution >= 4 is 15.9 Å². The minimum absolute atomic E-state index is 0.425. The third-order valence-corrected chi connectivity index (χ3v) is 3.74. The standard InChI is InChI=1S/C14H23BrN2/c1-11(2)17(4)9-8-14(16-3)12-6-5-7-13(15)10-12/h5-7,10-11,14,16H,8-9H2,1-4H3. The Morgan fingerprint density at radius 3 is 2.59 bits per heavy atom. The summed E-state index contributed by atoms with van der Waals surface area (Å²) in [4.78, 5) is 2.38. The average Bonchev–Trinajstić information content (AvgIpc) is 2.29. The van der Waals surface area contributed by atoms with Crippen LogP contribution < -0.4 is 5.32 Å². The highest BCUT2D eigenvalue weighted by Gasteiger charge is 2.11. The van der Waals surface area contributed by atoms with Gasteiger partial charge in [0.2, 0.25) is 0 Å². The summed E-state index contributed by atoms with van der Waals surface area (Å²) in [6.07, 6.45) is 1.13. The molecule has 0 aliphatic heterocycles. The molecule has 1 aromatic carbocycles. The minimum atomic E-state index is 0.425. The Hall–Kier alpha value is -0.380. The van der Waals surface area contributed by atoms with Crippen molar-refractivity contribution in [1.29, 1.82) is 0 Å². The van der Waals surface area contributed by atoms with Crippen LogP contribution in [0.3, 0.4) is 0 Å². The van der Waals surface area contributed by atoms with Crippen LogP contribution in [-0.4, -0.2) is 31.6 Å². The fourth-order valence-corrected chi connectivity index (χ4v) is 2.21. The second-order valence-corrected chi connectivity index (χ2v) is 5.67. The van der Waals surface area contributed by atoms with Gasteiger partial charge in [0, 0.05) is 16.6 Å². The maximum Gasteiger partial charge on any atom is 0.0330 e. The first-order valence-electron chi connectivity index (χ1n) is 6.17. The van der Waals surface area contributed by atoms with Gasteiger partial charge in [0.25, 0.3) is 0 Å². The second-order valence-electron chi connectivity index (χ2n) is 4.76. The summed E-state index contributed by atoms with van der Waals surface area (Å²) in [5.41, 5.74) is 1.35. The molecule has 2 nitrogen and oxygen atoms in total. The van der Waals surface area contributed by atoms with E-state index in [4.69, 9.17) is 0 Å². The van der Waals surface area contributed by atoms with Gasteiger partial charge < -0.3 is 10.2 Å². The monoisotopic (exact) mass is 298 g/mol. The van der Waals surface area contributed by atoms with Crippen molar-refractivity contribution < 1.29 is 0 Å². The number of nitrogens with one attached hydrogen (secondary N) is 1. The van der Waals surface area contributed by atoms with Gasteiger partial charge in [0.05, 0.1) is 0 Å². The van der Waals surface area contributed by atoms with Gasteiger partial charge in [-0.25, -0.2) is 0 Å². The third-order valence-electron chi connectivity index (χ3n) is 3.25. The average molecular weight is 299 g/mol. The molecule has 1 unspecified atom stereocenters. The van der Waals surface area contributed by atoms with Crippen molar-refractivity contribution in [3.05, 3.63) is 34.3 Å². The molecule has 0 radical (unpaired) electrons. The summed E-state index contributed by atoms with van der Waals surface area (Å²) in [7, 11) is 4.21. The second kappa shape index (κ2) is 7.14. The smallest absolute Gasteiger partial charge is 0.0330 e. The maximum atomic E-state index is 3.52. The van der Waals surface area contributed by atoms with Gasteiger partial charge in [-0.1, -0.05) is 28.1 Å². The minimum Gasteiger partial charge on any atom is -0.313 e. The number of benzene rings is 1. The van der Waals surface area contributed by atoms with E-state index in [1.165, 1.54) is 5.56 Å². The van der Waals surface area contributed by atoms with E-state index in [2.05, 4.69) is 71.3 Å². The van der Waals surface area contributed by atoms with Gasteiger partial charge in [0.15, 0.2) is 0 Å². The fourth-order valence-electron chi connectivity index (χ4n) is 1.79. The molecule has 1 rings (SSSR count).